The number of carbonyl (C=O) groups excluding carboxylic acids is 1. The number of nitrogens with zero attached hydrogens (tertiary/aromatic N) is 1. The smallest absolute Gasteiger partial charge is 0.264 e. The lowest BCUT2D eigenvalue weighted by molar-refractivity contribution is 0.0955. The molecule has 29 heavy (non-hydrogen) atoms. The van der Waals surface area contributed by atoms with Crippen LogP contribution in [0.25, 0.3) is 0 Å². The largest absolute Gasteiger partial charge is 0.352 e. The maximum atomic E-state index is 12.9. The minimum Gasteiger partial charge on any atom is -0.352 e. The zero-order chi connectivity index (χ0) is 20.9. The molecule has 0 bridgehead atoms. The Hall–Kier alpha value is -2.83. The van der Waals surface area contributed by atoms with E-state index in [1.807, 2.05) is 12.1 Å². The van der Waals surface area contributed by atoms with Crippen molar-refractivity contribution in [1.82, 2.24) is 5.32 Å². The van der Waals surface area contributed by atoms with Crippen molar-refractivity contribution in [3.63, 3.8) is 0 Å². The SMILES string of the molecule is CN(c1ccccc1C(=O)NCCc1ccc(Cl)cc1)S(=O)(=O)c1ccccc1. The van der Waals surface area contributed by atoms with Crippen LogP contribution >= 0.6 is 11.6 Å². The third-order valence-corrected chi connectivity index (χ3v) is 6.54. The van der Waals surface area contributed by atoms with Gasteiger partial charge in [0.25, 0.3) is 15.9 Å². The molecule has 0 spiro atoms. The van der Waals surface area contributed by atoms with Crippen LogP contribution < -0.4 is 9.62 Å². The second-order valence-corrected chi connectivity index (χ2v) is 8.84. The van der Waals surface area contributed by atoms with Crippen LogP contribution in [0.3, 0.4) is 0 Å². The van der Waals surface area contributed by atoms with Gasteiger partial charge in [-0.15, -0.1) is 0 Å². The van der Waals surface area contributed by atoms with E-state index in [1.54, 1.807) is 54.6 Å². The fourth-order valence-electron chi connectivity index (χ4n) is 2.89. The molecule has 3 aromatic rings. The van der Waals surface area contributed by atoms with Gasteiger partial charge < -0.3 is 5.32 Å². The minimum absolute atomic E-state index is 0.167. The number of hydrogen-bond donors (Lipinski definition) is 1. The van der Waals surface area contributed by atoms with E-state index in [2.05, 4.69) is 5.32 Å². The van der Waals surface area contributed by atoms with Gasteiger partial charge in [-0.2, -0.15) is 0 Å². The number of amides is 1. The van der Waals surface area contributed by atoms with Crippen LogP contribution in [-0.4, -0.2) is 27.9 Å². The lowest BCUT2D eigenvalue weighted by atomic mass is 10.1. The van der Waals surface area contributed by atoms with E-state index < -0.39 is 10.0 Å². The van der Waals surface area contributed by atoms with Gasteiger partial charge in [-0.3, -0.25) is 9.10 Å². The first-order valence-corrected chi connectivity index (χ1v) is 10.9. The summed E-state index contributed by atoms with van der Waals surface area (Å²) in [4.78, 5) is 12.9. The van der Waals surface area contributed by atoms with Gasteiger partial charge >= 0.3 is 0 Å². The number of anilines is 1. The highest BCUT2D eigenvalue weighted by Crippen LogP contribution is 2.25. The van der Waals surface area contributed by atoms with Crippen molar-refractivity contribution in [2.45, 2.75) is 11.3 Å². The van der Waals surface area contributed by atoms with Gasteiger partial charge in [-0.25, -0.2) is 8.42 Å². The topological polar surface area (TPSA) is 66.5 Å². The van der Waals surface area contributed by atoms with Crippen molar-refractivity contribution in [1.29, 1.82) is 0 Å². The number of sulfonamides is 1. The van der Waals surface area contributed by atoms with E-state index in [9.17, 15) is 13.2 Å². The van der Waals surface area contributed by atoms with Gasteiger partial charge in [0.1, 0.15) is 0 Å². The molecule has 0 fully saturated rings. The number of hydrogen-bond acceptors (Lipinski definition) is 3. The first-order chi connectivity index (χ1) is 13.9. The molecule has 0 heterocycles. The van der Waals surface area contributed by atoms with Crippen LogP contribution in [0.1, 0.15) is 15.9 Å². The molecule has 0 saturated heterocycles. The molecular weight excluding hydrogens is 408 g/mol. The van der Waals surface area contributed by atoms with Crippen molar-refractivity contribution in [3.05, 3.63) is 95.0 Å². The zero-order valence-electron chi connectivity index (χ0n) is 15.9. The third-order valence-electron chi connectivity index (χ3n) is 4.50. The second-order valence-electron chi connectivity index (χ2n) is 6.44. The van der Waals surface area contributed by atoms with E-state index in [4.69, 9.17) is 11.6 Å². The molecule has 5 nitrogen and oxygen atoms in total. The molecule has 0 aliphatic heterocycles. The van der Waals surface area contributed by atoms with Gasteiger partial charge in [-0.1, -0.05) is 54.1 Å². The summed E-state index contributed by atoms with van der Waals surface area (Å²) in [6.45, 7) is 0.421. The Bertz CT molecular complexity index is 1080. The minimum atomic E-state index is -3.77. The Balaban J connectivity index is 1.75. The van der Waals surface area contributed by atoms with Gasteiger partial charge in [-0.05, 0) is 48.4 Å². The van der Waals surface area contributed by atoms with Crippen LogP contribution in [0.2, 0.25) is 5.02 Å². The molecule has 150 valence electrons. The molecule has 1 amide bonds. The van der Waals surface area contributed by atoms with Crippen molar-refractivity contribution in [3.8, 4) is 0 Å². The summed E-state index contributed by atoms with van der Waals surface area (Å²) in [6, 6.07) is 22.2. The molecule has 3 aromatic carbocycles. The Morgan fingerprint density at radius 1 is 0.931 bits per heavy atom. The molecule has 0 aliphatic carbocycles. The molecule has 0 saturated carbocycles. The normalized spacial score (nSPS) is 11.1. The van der Waals surface area contributed by atoms with Crippen LogP contribution in [0.4, 0.5) is 5.69 Å². The Kier molecular flexibility index (Phi) is 6.56. The number of carbonyl (C=O) groups is 1. The predicted octanol–water partition coefficient (Wildman–Crippen LogP) is 4.14. The average Bonchev–Trinajstić information content (AvgIpc) is 2.75. The molecule has 0 unspecified atom stereocenters. The standard InChI is InChI=1S/C22H21ClN2O3S/c1-25(29(27,28)19-7-3-2-4-8-19)21-10-6-5-9-20(21)22(26)24-16-15-17-11-13-18(23)14-12-17/h2-14H,15-16H2,1H3,(H,24,26). The molecular formula is C22H21ClN2O3S. The average molecular weight is 429 g/mol. The molecule has 0 aliphatic rings. The molecule has 0 radical (unpaired) electrons. The summed E-state index contributed by atoms with van der Waals surface area (Å²) in [5, 5.41) is 3.52. The molecule has 0 atom stereocenters. The van der Waals surface area contributed by atoms with Gasteiger partial charge in [0.15, 0.2) is 0 Å². The number of benzene rings is 3. The van der Waals surface area contributed by atoms with Gasteiger partial charge in [0.2, 0.25) is 0 Å². The van der Waals surface area contributed by atoms with Crippen LogP contribution in [0, 0.1) is 0 Å². The van der Waals surface area contributed by atoms with Crippen molar-refractivity contribution in [2.75, 3.05) is 17.9 Å². The first kappa shape index (κ1) is 20.9. The summed E-state index contributed by atoms with van der Waals surface area (Å²) < 4.78 is 27.0. The Morgan fingerprint density at radius 3 is 2.24 bits per heavy atom. The summed E-state index contributed by atoms with van der Waals surface area (Å²) in [6.07, 6.45) is 0.642. The quantitative estimate of drug-likeness (QED) is 0.615. The lowest BCUT2D eigenvalue weighted by Gasteiger charge is -2.22. The van der Waals surface area contributed by atoms with E-state index in [0.717, 1.165) is 9.87 Å². The van der Waals surface area contributed by atoms with Crippen molar-refractivity contribution >= 4 is 33.2 Å². The van der Waals surface area contributed by atoms with Crippen LogP contribution in [0.15, 0.2) is 83.8 Å². The fraction of sp³-hybridized carbons (Fsp3) is 0.136. The van der Waals surface area contributed by atoms with E-state index in [-0.39, 0.29) is 10.8 Å². The Morgan fingerprint density at radius 2 is 1.55 bits per heavy atom. The lowest BCUT2D eigenvalue weighted by Crippen LogP contribution is -2.31. The summed E-state index contributed by atoms with van der Waals surface area (Å²) in [5.74, 6) is -0.329. The predicted molar refractivity (Wildman–Crippen MR) is 116 cm³/mol. The highest BCUT2D eigenvalue weighted by molar-refractivity contribution is 7.92. The van der Waals surface area contributed by atoms with Gasteiger partial charge in [0.05, 0.1) is 16.1 Å². The fourth-order valence-corrected chi connectivity index (χ4v) is 4.25. The van der Waals surface area contributed by atoms with E-state index >= 15 is 0 Å². The second kappa shape index (κ2) is 9.11. The van der Waals surface area contributed by atoms with Crippen LogP contribution in [0.5, 0.6) is 0 Å². The third kappa shape index (κ3) is 4.96. The zero-order valence-corrected chi connectivity index (χ0v) is 17.5. The van der Waals surface area contributed by atoms with Crippen molar-refractivity contribution in [2.24, 2.45) is 0 Å². The molecule has 3 rings (SSSR count). The highest BCUT2D eigenvalue weighted by atomic mass is 35.5. The number of halogens is 1. The summed E-state index contributed by atoms with van der Waals surface area (Å²) >= 11 is 5.88. The van der Waals surface area contributed by atoms with Crippen LogP contribution in [-0.2, 0) is 16.4 Å². The number of para-hydroxylation sites is 1. The maximum Gasteiger partial charge on any atom is 0.264 e. The Labute approximate surface area is 176 Å². The molecule has 0 aromatic heterocycles. The highest BCUT2D eigenvalue weighted by Gasteiger charge is 2.24. The van der Waals surface area contributed by atoms with Gasteiger partial charge in [0, 0.05) is 18.6 Å². The molecule has 1 N–H and O–H groups in total. The maximum absolute atomic E-state index is 12.9. The number of rotatable bonds is 7. The van der Waals surface area contributed by atoms with E-state index in [0.29, 0.717) is 29.2 Å². The van der Waals surface area contributed by atoms with E-state index in [1.165, 1.54) is 19.2 Å². The monoisotopic (exact) mass is 428 g/mol. The first-order valence-electron chi connectivity index (χ1n) is 9.05. The van der Waals surface area contributed by atoms with Crippen molar-refractivity contribution < 1.29 is 13.2 Å². The summed E-state index contributed by atoms with van der Waals surface area (Å²) in [5.41, 5.74) is 1.66. The summed E-state index contributed by atoms with van der Waals surface area (Å²) in [7, 11) is -2.33. The molecule has 7 heteroatoms. The number of nitrogens with one attached hydrogen (secondary N) is 1.